The number of hydrogen-bond acceptors (Lipinski definition) is 2. The van der Waals surface area contributed by atoms with Crippen molar-refractivity contribution >= 4 is 0 Å². The first-order chi connectivity index (χ1) is 5.14. The quantitative estimate of drug-likeness (QED) is 0.541. The van der Waals surface area contributed by atoms with Gasteiger partial charge in [0.15, 0.2) is 0 Å². The van der Waals surface area contributed by atoms with Gasteiger partial charge in [-0.15, -0.1) is 0 Å². The summed E-state index contributed by atoms with van der Waals surface area (Å²) in [5, 5.41) is 0. The molecule has 0 bridgehead atoms. The van der Waals surface area contributed by atoms with Gasteiger partial charge in [0.25, 0.3) is 0 Å². The highest BCUT2D eigenvalue weighted by atomic mass is 16.5. The van der Waals surface area contributed by atoms with Gasteiger partial charge >= 0.3 is 0 Å². The van der Waals surface area contributed by atoms with Crippen molar-refractivity contribution in [3.05, 3.63) is 11.8 Å². The minimum atomic E-state index is 0.00259. The predicted molar refractivity (Wildman–Crippen MR) is 44.4 cm³/mol. The van der Waals surface area contributed by atoms with Gasteiger partial charge in [-0.3, -0.25) is 0 Å². The second-order valence-electron chi connectivity index (χ2n) is 3.55. The Labute approximate surface area is 68.2 Å². The largest absolute Gasteiger partial charge is 0.504 e. The summed E-state index contributed by atoms with van der Waals surface area (Å²) in [6.45, 7) is 5.04. The first-order valence-corrected chi connectivity index (χ1v) is 3.99. The lowest BCUT2D eigenvalue weighted by molar-refractivity contribution is -0.0342. The summed E-state index contributed by atoms with van der Waals surface area (Å²) in [4.78, 5) is 0. The van der Waals surface area contributed by atoms with Crippen LogP contribution in [0.1, 0.15) is 26.7 Å². The Balaban J connectivity index is 2.53. The highest BCUT2D eigenvalue weighted by Crippen LogP contribution is 2.27. The molecular weight excluding hydrogens is 140 g/mol. The molecule has 0 aliphatic carbocycles. The average Bonchev–Trinajstić information content (AvgIpc) is 1.85. The molecule has 1 rings (SSSR count). The van der Waals surface area contributed by atoms with Crippen molar-refractivity contribution in [3.63, 3.8) is 0 Å². The zero-order chi connectivity index (χ0) is 8.32. The van der Waals surface area contributed by atoms with Gasteiger partial charge in [0.1, 0.15) is 0 Å². The van der Waals surface area contributed by atoms with Crippen molar-refractivity contribution in [2.24, 2.45) is 0 Å². The maximum Gasteiger partial charge on any atom is 0.0818 e. The molecule has 1 aliphatic heterocycles. The lowest BCUT2D eigenvalue weighted by Crippen LogP contribution is -2.30. The van der Waals surface area contributed by atoms with Crippen molar-refractivity contribution in [1.82, 2.24) is 0 Å². The highest BCUT2D eigenvalue weighted by Gasteiger charge is 2.24. The third-order valence-electron chi connectivity index (χ3n) is 1.85. The van der Waals surface area contributed by atoms with E-state index in [9.17, 15) is 0 Å². The SMILES string of the molecule is CO/C=C1\CCOC(C)(C)C1. The fraction of sp³-hybridized carbons (Fsp3) is 0.778. The summed E-state index contributed by atoms with van der Waals surface area (Å²) in [5.41, 5.74) is 1.35. The third-order valence-corrected chi connectivity index (χ3v) is 1.85. The Morgan fingerprint density at radius 3 is 2.82 bits per heavy atom. The molecule has 64 valence electrons. The highest BCUT2D eigenvalue weighted by molar-refractivity contribution is 5.05. The van der Waals surface area contributed by atoms with E-state index in [4.69, 9.17) is 9.47 Å². The molecule has 0 aromatic heterocycles. The van der Waals surface area contributed by atoms with Crippen LogP contribution in [0.4, 0.5) is 0 Å². The van der Waals surface area contributed by atoms with Crippen LogP contribution in [0.15, 0.2) is 11.8 Å². The summed E-state index contributed by atoms with van der Waals surface area (Å²) in [6.07, 6.45) is 3.84. The van der Waals surface area contributed by atoms with Gasteiger partial charge in [-0.25, -0.2) is 0 Å². The van der Waals surface area contributed by atoms with Crippen molar-refractivity contribution in [2.75, 3.05) is 13.7 Å². The molecule has 0 N–H and O–H groups in total. The van der Waals surface area contributed by atoms with Crippen LogP contribution in [0, 0.1) is 0 Å². The summed E-state index contributed by atoms with van der Waals surface area (Å²) in [6, 6.07) is 0. The fourth-order valence-corrected chi connectivity index (χ4v) is 1.41. The van der Waals surface area contributed by atoms with E-state index >= 15 is 0 Å². The van der Waals surface area contributed by atoms with E-state index < -0.39 is 0 Å². The van der Waals surface area contributed by atoms with Crippen molar-refractivity contribution < 1.29 is 9.47 Å². The predicted octanol–water partition coefficient (Wildman–Crippen LogP) is 2.11. The van der Waals surface area contributed by atoms with Gasteiger partial charge in [0.05, 0.1) is 25.6 Å². The molecule has 0 aromatic rings. The summed E-state index contributed by atoms with van der Waals surface area (Å²) in [5.74, 6) is 0. The number of rotatable bonds is 1. The zero-order valence-electron chi connectivity index (χ0n) is 7.52. The molecule has 1 aliphatic rings. The maximum atomic E-state index is 5.55. The topological polar surface area (TPSA) is 18.5 Å². The molecule has 0 unspecified atom stereocenters. The second kappa shape index (κ2) is 3.26. The lowest BCUT2D eigenvalue weighted by atomic mass is 9.94. The monoisotopic (exact) mass is 156 g/mol. The molecule has 0 spiro atoms. The minimum Gasteiger partial charge on any atom is -0.504 e. The van der Waals surface area contributed by atoms with E-state index in [1.165, 1.54) is 5.57 Å². The molecular formula is C9H16O2. The van der Waals surface area contributed by atoms with E-state index in [1.807, 2.05) is 6.26 Å². The van der Waals surface area contributed by atoms with Crippen LogP contribution in [0.2, 0.25) is 0 Å². The van der Waals surface area contributed by atoms with Crippen molar-refractivity contribution in [1.29, 1.82) is 0 Å². The molecule has 11 heavy (non-hydrogen) atoms. The molecule has 2 nitrogen and oxygen atoms in total. The van der Waals surface area contributed by atoms with Gasteiger partial charge in [0.2, 0.25) is 0 Å². The lowest BCUT2D eigenvalue weighted by Gasteiger charge is -2.31. The van der Waals surface area contributed by atoms with Crippen molar-refractivity contribution in [2.45, 2.75) is 32.3 Å². The van der Waals surface area contributed by atoms with Gasteiger partial charge in [-0.1, -0.05) is 0 Å². The minimum absolute atomic E-state index is 0.00259. The molecule has 0 radical (unpaired) electrons. The molecule has 1 saturated heterocycles. The second-order valence-corrected chi connectivity index (χ2v) is 3.55. The van der Waals surface area contributed by atoms with Crippen LogP contribution in [0.25, 0.3) is 0 Å². The molecule has 1 heterocycles. The average molecular weight is 156 g/mol. The number of ether oxygens (including phenoxy) is 2. The molecule has 0 aromatic carbocycles. The Morgan fingerprint density at radius 1 is 1.55 bits per heavy atom. The Hall–Kier alpha value is -0.500. The third kappa shape index (κ3) is 2.54. The van der Waals surface area contributed by atoms with Crippen LogP contribution in [-0.2, 0) is 9.47 Å². The van der Waals surface area contributed by atoms with Crippen LogP contribution in [0.5, 0.6) is 0 Å². The van der Waals surface area contributed by atoms with Gasteiger partial charge < -0.3 is 9.47 Å². The molecule has 0 saturated carbocycles. The molecule has 2 heteroatoms. The van der Waals surface area contributed by atoms with E-state index in [2.05, 4.69) is 13.8 Å². The normalized spacial score (nSPS) is 27.0. The summed E-state index contributed by atoms with van der Waals surface area (Å²) in [7, 11) is 1.69. The van der Waals surface area contributed by atoms with Gasteiger partial charge in [0, 0.05) is 6.42 Å². The first kappa shape index (κ1) is 8.60. The van der Waals surface area contributed by atoms with E-state index in [0.29, 0.717) is 0 Å². The maximum absolute atomic E-state index is 5.55. The van der Waals surface area contributed by atoms with Crippen LogP contribution in [0.3, 0.4) is 0 Å². The molecule has 1 fully saturated rings. The van der Waals surface area contributed by atoms with Crippen LogP contribution in [-0.4, -0.2) is 19.3 Å². The molecule has 0 atom stereocenters. The zero-order valence-corrected chi connectivity index (χ0v) is 7.52. The number of methoxy groups -OCH3 is 1. The van der Waals surface area contributed by atoms with E-state index in [0.717, 1.165) is 19.4 Å². The Bertz CT molecular complexity index is 159. The van der Waals surface area contributed by atoms with Crippen LogP contribution >= 0.6 is 0 Å². The standard InChI is InChI=1S/C9H16O2/c1-9(2)6-8(7-10-3)4-5-11-9/h7H,4-6H2,1-3H3/b8-7+. The Morgan fingerprint density at radius 2 is 2.27 bits per heavy atom. The van der Waals surface area contributed by atoms with Crippen molar-refractivity contribution in [3.8, 4) is 0 Å². The first-order valence-electron chi connectivity index (χ1n) is 3.99. The van der Waals surface area contributed by atoms with E-state index in [-0.39, 0.29) is 5.60 Å². The van der Waals surface area contributed by atoms with Crippen LogP contribution < -0.4 is 0 Å². The van der Waals surface area contributed by atoms with Gasteiger partial charge in [-0.2, -0.15) is 0 Å². The summed E-state index contributed by atoms with van der Waals surface area (Å²) >= 11 is 0. The van der Waals surface area contributed by atoms with Gasteiger partial charge in [-0.05, 0) is 25.8 Å². The molecule has 0 amide bonds. The number of hydrogen-bond donors (Lipinski definition) is 0. The fourth-order valence-electron chi connectivity index (χ4n) is 1.41. The van der Waals surface area contributed by atoms with E-state index in [1.54, 1.807) is 7.11 Å². The smallest absolute Gasteiger partial charge is 0.0818 e. The Kier molecular flexibility index (Phi) is 2.55. The summed E-state index contributed by atoms with van der Waals surface area (Å²) < 4.78 is 10.5.